The average molecular weight is 265 g/mol. The summed E-state index contributed by atoms with van der Waals surface area (Å²) in [7, 11) is 1.62. The predicted molar refractivity (Wildman–Crippen MR) is 68.6 cm³/mol. The summed E-state index contributed by atoms with van der Waals surface area (Å²) in [6, 6.07) is 0. The highest BCUT2D eigenvalue weighted by Gasteiger charge is 2.39. The molecule has 1 aliphatic rings. The van der Waals surface area contributed by atoms with Crippen molar-refractivity contribution in [2.45, 2.75) is 26.7 Å². The number of carbonyl (C=O) groups is 2. The molecule has 0 spiro atoms. The largest absolute Gasteiger partial charge is 0.448 e. The van der Waals surface area contributed by atoms with E-state index in [1.54, 1.807) is 18.9 Å². The van der Waals surface area contributed by atoms with Crippen molar-refractivity contribution in [2.24, 2.45) is 5.41 Å². The maximum Gasteiger partial charge on any atom is 0.275 e. The minimum absolute atomic E-state index is 0.0265. The number of nitrogens with one attached hydrogen (secondary N) is 1. The Morgan fingerprint density at radius 3 is 2.84 bits per heavy atom. The van der Waals surface area contributed by atoms with E-state index in [2.05, 4.69) is 10.3 Å². The molecule has 1 N–H and O–H groups in total. The minimum atomic E-state index is -0.526. The van der Waals surface area contributed by atoms with Crippen LogP contribution in [0, 0.1) is 12.3 Å². The van der Waals surface area contributed by atoms with Gasteiger partial charge in [-0.1, -0.05) is 0 Å². The molecule has 0 aliphatic carbocycles. The molecule has 0 saturated carbocycles. The lowest BCUT2D eigenvalue weighted by molar-refractivity contribution is -0.132. The number of oxazole rings is 1. The highest BCUT2D eigenvalue weighted by molar-refractivity contribution is 5.93. The fraction of sp³-hybridized carbons (Fsp3) is 0.615. The molecule has 2 rings (SSSR count). The number of aryl methyl sites for hydroxylation is 1. The summed E-state index contributed by atoms with van der Waals surface area (Å²) < 4.78 is 5.06. The van der Waals surface area contributed by atoms with Crippen LogP contribution in [0.25, 0.3) is 0 Å². The van der Waals surface area contributed by atoms with E-state index in [0.29, 0.717) is 24.7 Å². The summed E-state index contributed by atoms with van der Waals surface area (Å²) in [5.41, 5.74) is -0.222. The Balaban J connectivity index is 2.13. The van der Waals surface area contributed by atoms with Gasteiger partial charge < -0.3 is 14.6 Å². The molecule has 1 aromatic rings. The van der Waals surface area contributed by atoms with Gasteiger partial charge in [0.1, 0.15) is 6.26 Å². The first-order valence-electron chi connectivity index (χ1n) is 6.40. The summed E-state index contributed by atoms with van der Waals surface area (Å²) in [6.45, 7) is 4.65. The molecule has 1 unspecified atom stereocenters. The third-order valence-electron chi connectivity index (χ3n) is 3.60. The van der Waals surface area contributed by atoms with E-state index in [-0.39, 0.29) is 11.8 Å². The number of rotatable bonds is 2. The van der Waals surface area contributed by atoms with Crippen LogP contribution in [-0.2, 0) is 4.79 Å². The fourth-order valence-corrected chi connectivity index (χ4v) is 2.52. The smallest absolute Gasteiger partial charge is 0.275 e. The zero-order valence-electron chi connectivity index (χ0n) is 11.5. The van der Waals surface area contributed by atoms with Crippen LogP contribution in [0.5, 0.6) is 0 Å². The van der Waals surface area contributed by atoms with Gasteiger partial charge >= 0.3 is 0 Å². The van der Waals surface area contributed by atoms with E-state index in [1.807, 2.05) is 6.92 Å². The molecule has 1 aliphatic heterocycles. The van der Waals surface area contributed by atoms with Crippen LogP contribution in [0.15, 0.2) is 10.7 Å². The Morgan fingerprint density at radius 2 is 2.26 bits per heavy atom. The van der Waals surface area contributed by atoms with E-state index in [1.165, 1.54) is 6.26 Å². The molecule has 1 saturated heterocycles. The highest BCUT2D eigenvalue weighted by atomic mass is 16.3. The van der Waals surface area contributed by atoms with Gasteiger partial charge in [0.05, 0.1) is 5.41 Å². The van der Waals surface area contributed by atoms with Crippen LogP contribution in [0.2, 0.25) is 0 Å². The Labute approximate surface area is 112 Å². The zero-order chi connectivity index (χ0) is 14.0. The second kappa shape index (κ2) is 5.03. The molecule has 1 fully saturated rings. The molecular formula is C13H19N3O3. The average Bonchev–Trinajstić information content (AvgIpc) is 2.83. The fourth-order valence-electron chi connectivity index (χ4n) is 2.52. The van der Waals surface area contributed by atoms with Gasteiger partial charge in [-0.15, -0.1) is 0 Å². The van der Waals surface area contributed by atoms with Crippen molar-refractivity contribution in [2.75, 3.05) is 20.1 Å². The van der Waals surface area contributed by atoms with Crippen molar-refractivity contribution >= 4 is 11.8 Å². The number of hydrogen-bond acceptors (Lipinski definition) is 4. The van der Waals surface area contributed by atoms with E-state index in [9.17, 15) is 9.59 Å². The molecule has 2 amide bonds. The Hall–Kier alpha value is -1.85. The number of nitrogens with zero attached hydrogens (tertiary/aromatic N) is 2. The van der Waals surface area contributed by atoms with Crippen molar-refractivity contribution in [1.82, 2.24) is 15.2 Å². The van der Waals surface area contributed by atoms with Crippen LogP contribution in [0.3, 0.4) is 0 Å². The normalized spacial score (nSPS) is 23.2. The number of piperidine rings is 1. The Morgan fingerprint density at radius 1 is 1.53 bits per heavy atom. The van der Waals surface area contributed by atoms with E-state index in [0.717, 1.165) is 12.8 Å². The van der Waals surface area contributed by atoms with Crippen LogP contribution < -0.4 is 5.32 Å². The lowest BCUT2D eigenvalue weighted by atomic mass is 9.81. The van der Waals surface area contributed by atoms with Crippen LogP contribution in [0.1, 0.15) is 36.1 Å². The summed E-state index contributed by atoms with van der Waals surface area (Å²) >= 11 is 0. The van der Waals surface area contributed by atoms with Crippen molar-refractivity contribution in [3.8, 4) is 0 Å². The molecule has 6 nitrogen and oxygen atoms in total. The minimum Gasteiger partial charge on any atom is -0.448 e. The van der Waals surface area contributed by atoms with Crippen molar-refractivity contribution < 1.29 is 14.0 Å². The number of aromatic nitrogens is 1. The second-order valence-corrected chi connectivity index (χ2v) is 5.22. The molecule has 0 aromatic carbocycles. The summed E-state index contributed by atoms with van der Waals surface area (Å²) in [5, 5.41) is 2.67. The van der Waals surface area contributed by atoms with Gasteiger partial charge in [0.2, 0.25) is 5.91 Å². The standard InChI is InChI=1S/C13H19N3O3/c1-9-15-10(7-19-9)11(17)16-6-4-5-13(2,8-16)12(18)14-3/h7H,4-6,8H2,1-3H3,(H,14,18). The summed E-state index contributed by atoms with van der Waals surface area (Å²) in [4.78, 5) is 29.9. The predicted octanol–water partition coefficient (Wildman–Crippen LogP) is 0.971. The van der Waals surface area contributed by atoms with Gasteiger partial charge in [-0.2, -0.15) is 0 Å². The van der Waals surface area contributed by atoms with Crippen molar-refractivity contribution in [3.63, 3.8) is 0 Å². The highest BCUT2D eigenvalue weighted by Crippen LogP contribution is 2.30. The molecule has 19 heavy (non-hydrogen) atoms. The lowest BCUT2D eigenvalue weighted by Crippen LogP contribution is -2.51. The van der Waals surface area contributed by atoms with Gasteiger partial charge in [0.25, 0.3) is 5.91 Å². The third-order valence-corrected chi connectivity index (χ3v) is 3.60. The van der Waals surface area contributed by atoms with E-state index in [4.69, 9.17) is 4.42 Å². The van der Waals surface area contributed by atoms with E-state index < -0.39 is 5.41 Å². The molecule has 104 valence electrons. The van der Waals surface area contributed by atoms with Gasteiger partial charge in [0, 0.05) is 27.1 Å². The quantitative estimate of drug-likeness (QED) is 0.864. The number of hydrogen-bond donors (Lipinski definition) is 1. The van der Waals surface area contributed by atoms with Crippen LogP contribution in [0.4, 0.5) is 0 Å². The SMILES string of the molecule is CNC(=O)C1(C)CCCN(C(=O)c2coc(C)n2)C1. The maximum absolute atomic E-state index is 12.3. The molecule has 0 radical (unpaired) electrons. The van der Waals surface area contributed by atoms with Crippen LogP contribution >= 0.6 is 0 Å². The molecule has 0 bridgehead atoms. The molecule has 1 atom stereocenters. The second-order valence-electron chi connectivity index (χ2n) is 5.22. The Bertz CT molecular complexity index is 497. The monoisotopic (exact) mass is 265 g/mol. The molecule has 1 aromatic heterocycles. The third kappa shape index (κ3) is 2.62. The van der Waals surface area contributed by atoms with Gasteiger partial charge in [-0.25, -0.2) is 4.98 Å². The molecular weight excluding hydrogens is 246 g/mol. The first-order chi connectivity index (χ1) is 8.96. The van der Waals surface area contributed by atoms with Crippen LogP contribution in [-0.4, -0.2) is 41.8 Å². The lowest BCUT2D eigenvalue weighted by Gasteiger charge is -2.38. The van der Waals surface area contributed by atoms with E-state index >= 15 is 0 Å². The number of amides is 2. The number of likely N-dealkylation sites (tertiary alicyclic amines) is 1. The molecule has 2 heterocycles. The van der Waals surface area contributed by atoms with Crippen molar-refractivity contribution in [1.29, 1.82) is 0 Å². The zero-order valence-corrected chi connectivity index (χ0v) is 11.5. The molecule has 6 heteroatoms. The summed E-state index contributed by atoms with van der Waals surface area (Å²) in [5.74, 6) is 0.266. The maximum atomic E-state index is 12.3. The first-order valence-corrected chi connectivity index (χ1v) is 6.40. The Kier molecular flexibility index (Phi) is 3.59. The van der Waals surface area contributed by atoms with Gasteiger partial charge in [-0.3, -0.25) is 9.59 Å². The van der Waals surface area contributed by atoms with Crippen molar-refractivity contribution in [3.05, 3.63) is 17.8 Å². The topological polar surface area (TPSA) is 75.4 Å². The van der Waals surface area contributed by atoms with Gasteiger partial charge in [0.15, 0.2) is 11.6 Å². The van der Waals surface area contributed by atoms with Gasteiger partial charge in [-0.05, 0) is 19.8 Å². The summed E-state index contributed by atoms with van der Waals surface area (Å²) in [6.07, 6.45) is 2.96. The number of carbonyl (C=O) groups excluding carboxylic acids is 2. The first kappa shape index (κ1) is 13.6.